The highest BCUT2D eigenvalue weighted by molar-refractivity contribution is 9.10. The van der Waals surface area contributed by atoms with Gasteiger partial charge in [0.05, 0.1) is 0 Å². The highest BCUT2D eigenvalue weighted by Crippen LogP contribution is 2.43. The second-order valence-corrected chi connectivity index (χ2v) is 4.98. The molecule has 13 heavy (non-hydrogen) atoms. The summed E-state index contributed by atoms with van der Waals surface area (Å²) in [5.41, 5.74) is 3.44. The first-order valence-electron chi connectivity index (χ1n) is 4.84. The number of rotatable bonds is 0. The van der Waals surface area contributed by atoms with Gasteiger partial charge in [-0.1, -0.05) is 22.0 Å². The fourth-order valence-corrected chi connectivity index (χ4v) is 3.00. The van der Waals surface area contributed by atoms with E-state index in [0.717, 1.165) is 0 Å². The van der Waals surface area contributed by atoms with E-state index in [1.54, 1.807) is 5.56 Å². The molecule has 0 saturated carbocycles. The molecule has 1 fully saturated rings. The van der Waals surface area contributed by atoms with Crippen LogP contribution in [-0.4, -0.2) is 6.54 Å². The number of benzene rings is 1. The van der Waals surface area contributed by atoms with Gasteiger partial charge in [0.25, 0.3) is 0 Å². The predicted octanol–water partition coefficient (Wildman–Crippen LogP) is 2.58. The Morgan fingerprint density at radius 1 is 1.31 bits per heavy atom. The maximum atomic E-state index is 3.58. The van der Waals surface area contributed by atoms with Crippen LogP contribution < -0.4 is 5.32 Å². The van der Waals surface area contributed by atoms with Crippen molar-refractivity contribution in [2.24, 2.45) is 0 Å². The second kappa shape index (κ2) is 2.58. The fourth-order valence-electron chi connectivity index (χ4n) is 2.59. The lowest BCUT2D eigenvalue weighted by molar-refractivity contribution is 0.210. The van der Waals surface area contributed by atoms with Gasteiger partial charge in [-0.25, -0.2) is 0 Å². The van der Waals surface area contributed by atoms with Crippen molar-refractivity contribution in [2.45, 2.75) is 24.8 Å². The van der Waals surface area contributed by atoms with Crippen LogP contribution >= 0.6 is 15.9 Å². The van der Waals surface area contributed by atoms with E-state index in [1.807, 2.05) is 0 Å². The predicted molar refractivity (Wildman–Crippen MR) is 56.8 cm³/mol. The van der Waals surface area contributed by atoms with E-state index in [4.69, 9.17) is 0 Å². The molecule has 1 N–H and O–H groups in total. The summed E-state index contributed by atoms with van der Waals surface area (Å²) in [7, 11) is 0. The fraction of sp³-hybridized carbons (Fsp3) is 0.455. The molecule has 1 aromatic rings. The van der Waals surface area contributed by atoms with Gasteiger partial charge in [-0.05, 0) is 49.1 Å². The molecule has 3 rings (SSSR count). The maximum Gasteiger partial charge on any atom is 0.0452 e. The molecule has 0 radical (unpaired) electrons. The Hall–Kier alpha value is -0.340. The number of hydrogen-bond acceptors (Lipinski definition) is 1. The molecular weight excluding hydrogens is 226 g/mol. The zero-order valence-corrected chi connectivity index (χ0v) is 9.02. The van der Waals surface area contributed by atoms with Crippen molar-refractivity contribution < 1.29 is 0 Å². The minimum Gasteiger partial charge on any atom is -0.307 e. The minimum atomic E-state index is 0.371. The lowest BCUT2D eigenvalue weighted by Gasteiger charge is -2.41. The van der Waals surface area contributed by atoms with E-state index >= 15 is 0 Å². The molecular formula is C11H12BrN. The average Bonchev–Trinajstić information content (AvgIpc) is 2.41. The van der Waals surface area contributed by atoms with E-state index in [1.165, 1.54) is 35.8 Å². The van der Waals surface area contributed by atoms with Crippen LogP contribution in [0.2, 0.25) is 0 Å². The van der Waals surface area contributed by atoms with Crippen LogP contribution in [0.1, 0.15) is 24.0 Å². The summed E-state index contributed by atoms with van der Waals surface area (Å²) < 4.78 is 1.21. The van der Waals surface area contributed by atoms with Gasteiger partial charge in [-0.2, -0.15) is 0 Å². The molecule has 1 nitrogen and oxygen atoms in total. The van der Waals surface area contributed by atoms with Crippen LogP contribution in [-0.2, 0) is 12.0 Å². The van der Waals surface area contributed by atoms with Crippen LogP contribution in [0.4, 0.5) is 0 Å². The van der Waals surface area contributed by atoms with Crippen molar-refractivity contribution in [1.82, 2.24) is 5.32 Å². The van der Waals surface area contributed by atoms with Crippen LogP contribution in [0.5, 0.6) is 0 Å². The molecule has 2 aliphatic rings. The summed E-state index contributed by atoms with van der Waals surface area (Å²) in [6.45, 7) is 1.19. The topological polar surface area (TPSA) is 12.0 Å². The summed E-state index contributed by atoms with van der Waals surface area (Å²) in [4.78, 5) is 0. The quantitative estimate of drug-likeness (QED) is 0.732. The van der Waals surface area contributed by atoms with Gasteiger partial charge in [0.1, 0.15) is 0 Å². The summed E-state index contributed by atoms with van der Waals surface area (Å²) in [5, 5.41) is 3.58. The van der Waals surface area contributed by atoms with Crippen molar-refractivity contribution in [3.63, 3.8) is 0 Å². The van der Waals surface area contributed by atoms with E-state index in [2.05, 4.69) is 39.4 Å². The van der Waals surface area contributed by atoms with E-state index in [9.17, 15) is 0 Å². The molecule has 1 atom stereocenters. The van der Waals surface area contributed by atoms with E-state index in [-0.39, 0.29) is 0 Å². The Balaban J connectivity index is 2.11. The first kappa shape index (κ1) is 8.01. The summed E-state index contributed by atoms with van der Waals surface area (Å²) in [6, 6.07) is 6.70. The molecule has 0 unspecified atom stereocenters. The molecule has 0 aromatic heterocycles. The van der Waals surface area contributed by atoms with Gasteiger partial charge in [-0.15, -0.1) is 0 Å². The van der Waals surface area contributed by atoms with Crippen molar-refractivity contribution >= 4 is 15.9 Å². The largest absolute Gasteiger partial charge is 0.307 e. The third kappa shape index (κ3) is 1.02. The number of aryl methyl sites for hydroxylation is 1. The highest BCUT2D eigenvalue weighted by Gasteiger charge is 2.42. The van der Waals surface area contributed by atoms with E-state index in [0.29, 0.717) is 5.54 Å². The molecule has 1 heterocycles. The third-order valence-corrected chi connectivity index (χ3v) is 3.91. The van der Waals surface area contributed by atoms with Gasteiger partial charge in [0.15, 0.2) is 0 Å². The molecule has 0 bridgehead atoms. The van der Waals surface area contributed by atoms with Gasteiger partial charge >= 0.3 is 0 Å². The summed E-state index contributed by atoms with van der Waals surface area (Å²) >= 11 is 3.52. The number of nitrogens with one attached hydrogen (secondary N) is 1. The van der Waals surface area contributed by atoms with Crippen molar-refractivity contribution in [2.75, 3.05) is 6.54 Å². The molecule has 1 aliphatic heterocycles. The number of hydrogen-bond donors (Lipinski definition) is 1. The van der Waals surface area contributed by atoms with Gasteiger partial charge in [0, 0.05) is 10.0 Å². The van der Waals surface area contributed by atoms with Crippen molar-refractivity contribution in [3.05, 3.63) is 33.8 Å². The van der Waals surface area contributed by atoms with Crippen LogP contribution in [0, 0.1) is 0 Å². The van der Waals surface area contributed by atoms with E-state index < -0.39 is 0 Å². The molecule has 68 valence electrons. The summed E-state index contributed by atoms with van der Waals surface area (Å²) in [5.74, 6) is 0. The molecule has 1 aromatic carbocycles. The van der Waals surface area contributed by atoms with Gasteiger partial charge in [0.2, 0.25) is 0 Å². The highest BCUT2D eigenvalue weighted by atomic mass is 79.9. The summed E-state index contributed by atoms with van der Waals surface area (Å²) in [6.07, 6.45) is 3.85. The second-order valence-electron chi connectivity index (χ2n) is 4.06. The monoisotopic (exact) mass is 237 g/mol. The molecule has 0 amide bonds. The van der Waals surface area contributed by atoms with Gasteiger partial charge < -0.3 is 5.32 Å². The Morgan fingerprint density at radius 2 is 2.15 bits per heavy atom. The zero-order valence-electron chi connectivity index (χ0n) is 7.44. The first-order valence-corrected chi connectivity index (χ1v) is 5.63. The zero-order chi connectivity index (χ0) is 8.89. The Kier molecular flexibility index (Phi) is 1.59. The number of fused-ring (bicyclic) bond motifs is 2. The standard InChI is InChI=1S/C11H12BrN/c12-9-1-2-10-8(7-9)3-4-11(10)5-6-13-11/h1-2,7,13H,3-6H2/t11-/m0/s1. The Morgan fingerprint density at radius 3 is 2.85 bits per heavy atom. The smallest absolute Gasteiger partial charge is 0.0452 e. The molecule has 1 aliphatic carbocycles. The first-order chi connectivity index (χ1) is 6.30. The lowest BCUT2D eigenvalue weighted by Crippen LogP contribution is -2.52. The maximum absolute atomic E-state index is 3.58. The Bertz CT molecular complexity index is 355. The van der Waals surface area contributed by atoms with Crippen molar-refractivity contribution in [3.8, 4) is 0 Å². The van der Waals surface area contributed by atoms with Crippen LogP contribution in [0.15, 0.2) is 22.7 Å². The van der Waals surface area contributed by atoms with Crippen LogP contribution in [0.25, 0.3) is 0 Å². The minimum absolute atomic E-state index is 0.371. The number of halogens is 1. The van der Waals surface area contributed by atoms with Crippen LogP contribution in [0.3, 0.4) is 0 Å². The molecule has 1 saturated heterocycles. The lowest BCUT2D eigenvalue weighted by atomic mass is 9.82. The third-order valence-electron chi connectivity index (χ3n) is 3.42. The van der Waals surface area contributed by atoms with Crippen molar-refractivity contribution in [1.29, 1.82) is 0 Å². The Labute approximate surface area is 86.7 Å². The SMILES string of the molecule is Brc1ccc2c(c1)CC[C@]21CCN1. The normalized spacial score (nSPS) is 30.2. The molecule has 1 spiro atoms. The average molecular weight is 238 g/mol. The van der Waals surface area contributed by atoms with Gasteiger partial charge in [-0.3, -0.25) is 0 Å². The molecule has 2 heteroatoms.